The number of carbonyl (C=O) groups excluding carboxylic acids is 2. The van der Waals surface area contributed by atoms with Crippen molar-refractivity contribution in [2.75, 3.05) is 38.1 Å². The van der Waals surface area contributed by atoms with Gasteiger partial charge in [0, 0.05) is 5.69 Å². The van der Waals surface area contributed by atoms with Gasteiger partial charge in [-0.3, -0.25) is 9.59 Å². The molecule has 0 spiro atoms. The average Bonchev–Trinajstić information content (AvgIpc) is 2.78. The Morgan fingerprint density at radius 3 is 2.41 bits per heavy atom. The third-order valence-corrected chi connectivity index (χ3v) is 5.55. The van der Waals surface area contributed by atoms with E-state index in [2.05, 4.69) is 5.32 Å². The zero-order valence-corrected chi connectivity index (χ0v) is 16.5. The number of carbonyl (C=O) groups is 2. The molecule has 2 heterocycles. The van der Waals surface area contributed by atoms with E-state index in [1.54, 1.807) is 0 Å². The van der Waals surface area contributed by atoms with Gasteiger partial charge in [-0.15, -0.1) is 0 Å². The summed E-state index contributed by atoms with van der Waals surface area (Å²) in [6.07, 6.45) is -0.620. The van der Waals surface area contributed by atoms with Gasteiger partial charge in [0.1, 0.15) is 6.61 Å². The minimum atomic E-state index is -0.620. The molecule has 2 aromatic rings. The van der Waals surface area contributed by atoms with Crippen molar-refractivity contribution in [1.82, 2.24) is 4.90 Å². The number of ether oxygens (including phenoxy) is 2. The lowest BCUT2D eigenvalue weighted by Crippen LogP contribution is -3.19. The van der Waals surface area contributed by atoms with E-state index >= 15 is 0 Å². The fourth-order valence-electron chi connectivity index (χ4n) is 3.75. The maximum Gasteiger partial charge on any atom is 0.282 e. The first kappa shape index (κ1) is 19.3. The lowest BCUT2D eigenvalue weighted by molar-refractivity contribution is -0.917. The van der Waals surface area contributed by atoms with Gasteiger partial charge in [-0.25, -0.2) is 0 Å². The molecule has 0 aliphatic carbocycles. The molecule has 0 radical (unpaired) electrons. The number of fused-ring (bicyclic) bond motifs is 1. The second kappa shape index (κ2) is 8.53. The Morgan fingerprint density at radius 1 is 1.03 bits per heavy atom. The molecule has 1 saturated heterocycles. The maximum atomic E-state index is 12.8. The molecule has 0 saturated carbocycles. The number of nitrogens with one attached hydrogen (secondary N) is 2. The summed E-state index contributed by atoms with van der Waals surface area (Å²) in [4.78, 5) is 28.4. The Kier molecular flexibility index (Phi) is 5.67. The number of para-hydroxylation sites is 3. The van der Waals surface area contributed by atoms with Crippen LogP contribution in [0.2, 0.25) is 0 Å². The predicted octanol–water partition coefficient (Wildman–Crippen LogP) is 0.581. The van der Waals surface area contributed by atoms with Gasteiger partial charge in [0.15, 0.2) is 17.5 Å². The van der Waals surface area contributed by atoms with Crippen LogP contribution in [0.4, 0.5) is 5.69 Å². The Bertz CT molecular complexity index is 865. The first-order valence-corrected chi connectivity index (χ1v) is 9.99. The highest BCUT2D eigenvalue weighted by Gasteiger charge is 2.35. The molecule has 2 aromatic carbocycles. The van der Waals surface area contributed by atoms with Gasteiger partial charge in [-0.05, 0) is 31.2 Å². The quantitative estimate of drug-likeness (QED) is 0.793. The molecule has 7 heteroatoms. The number of hydrogen-bond donors (Lipinski definition) is 2. The van der Waals surface area contributed by atoms with Gasteiger partial charge < -0.3 is 24.6 Å². The van der Waals surface area contributed by atoms with E-state index in [0.29, 0.717) is 24.6 Å². The van der Waals surface area contributed by atoms with Crippen LogP contribution in [0.1, 0.15) is 6.92 Å². The van der Waals surface area contributed by atoms with E-state index in [0.717, 1.165) is 18.8 Å². The molecular formula is C22H26N3O4+. The number of benzene rings is 2. The summed E-state index contributed by atoms with van der Waals surface area (Å²) < 4.78 is 11.5. The van der Waals surface area contributed by atoms with Gasteiger partial charge in [0.25, 0.3) is 11.8 Å². The standard InChI is InChI=1S/C22H25N3O4/c1-16(21(26)23-17-7-3-2-4-8-17)24-11-13-25(14-12-24)22(27)20-15-28-18-9-5-6-10-19(18)29-20/h2-10,16,20H,11-15H2,1H3,(H,23,26)/p+1/t16-,20-/m1/s1. The van der Waals surface area contributed by atoms with E-state index in [-0.39, 0.29) is 24.5 Å². The summed E-state index contributed by atoms with van der Waals surface area (Å²) in [5.41, 5.74) is 0.798. The van der Waals surface area contributed by atoms with E-state index in [9.17, 15) is 9.59 Å². The van der Waals surface area contributed by atoms with Crippen LogP contribution >= 0.6 is 0 Å². The molecule has 152 valence electrons. The summed E-state index contributed by atoms with van der Waals surface area (Å²) in [6.45, 7) is 4.79. The van der Waals surface area contributed by atoms with E-state index in [4.69, 9.17) is 9.47 Å². The smallest absolute Gasteiger partial charge is 0.282 e. The maximum absolute atomic E-state index is 12.8. The number of anilines is 1. The number of quaternary nitrogens is 1. The molecule has 2 atom stereocenters. The second-order valence-corrected chi connectivity index (χ2v) is 7.42. The van der Waals surface area contributed by atoms with Crippen LogP contribution in [0.3, 0.4) is 0 Å². The van der Waals surface area contributed by atoms with Crippen molar-refractivity contribution >= 4 is 17.5 Å². The summed E-state index contributed by atoms with van der Waals surface area (Å²) in [6, 6.07) is 16.7. The second-order valence-electron chi connectivity index (χ2n) is 7.42. The highest BCUT2D eigenvalue weighted by molar-refractivity contribution is 5.93. The van der Waals surface area contributed by atoms with E-state index in [1.165, 1.54) is 4.90 Å². The van der Waals surface area contributed by atoms with Gasteiger partial charge in [-0.1, -0.05) is 30.3 Å². The van der Waals surface area contributed by atoms with Gasteiger partial charge >= 0.3 is 0 Å². The van der Waals surface area contributed by atoms with Crippen LogP contribution in [0.25, 0.3) is 0 Å². The Morgan fingerprint density at radius 2 is 1.69 bits per heavy atom. The third-order valence-electron chi connectivity index (χ3n) is 5.55. The van der Waals surface area contributed by atoms with Crippen molar-refractivity contribution in [3.63, 3.8) is 0 Å². The number of nitrogens with zero attached hydrogens (tertiary/aromatic N) is 1. The number of hydrogen-bond acceptors (Lipinski definition) is 4. The Labute approximate surface area is 170 Å². The molecule has 1 fully saturated rings. The predicted molar refractivity (Wildman–Crippen MR) is 108 cm³/mol. The van der Waals surface area contributed by atoms with Crippen molar-refractivity contribution < 1.29 is 24.0 Å². The summed E-state index contributed by atoms with van der Waals surface area (Å²) in [5.74, 6) is 1.21. The zero-order valence-electron chi connectivity index (χ0n) is 16.5. The molecule has 2 aliphatic rings. The van der Waals surface area contributed by atoms with Crippen LogP contribution in [0.5, 0.6) is 11.5 Å². The minimum Gasteiger partial charge on any atom is -0.485 e. The SMILES string of the molecule is C[C@H](C(=O)Nc1ccccc1)[NH+]1CCN(C(=O)[C@H]2COc3ccccc3O2)CC1. The molecule has 0 aromatic heterocycles. The van der Waals surface area contributed by atoms with Crippen molar-refractivity contribution in [3.8, 4) is 11.5 Å². The molecule has 29 heavy (non-hydrogen) atoms. The van der Waals surface area contributed by atoms with E-state index in [1.807, 2.05) is 66.4 Å². The van der Waals surface area contributed by atoms with Crippen molar-refractivity contribution in [1.29, 1.82) is 0 Å². The highest BCUT2D eigenvalue weighted by atomic mass is 16.6. The monoisotopic (exact) mass is 396 g/mol. The lowest BCUT2D eigenvalue weighted by Gasteiger charge is -2.36. The van der Waals surface area contributed by atoms with Crippen LogP contribution in [0.15, 0.2) is 54.6 Å². The first-order chi connectivity index (χ1) is 14.1. The van der Waals surface area contributed by atoms with Gasteiger partial charge in [0.05, 0.1) is 26.2 Å². The molecule has 2 amide bonds. The largest absolute Gasteiger partial charge is 0.485 e. The summed E-state index contributed by atoms with van der Waals surface area (Å²) in [5, 5.41) is 2.96. The van der Waals surface area contributed by atoms with Gasteiger partial charge in [0.2, 0.25) is 6.10 Å². The molecule has 0 bridgehead atoms. The lowest BCUT2D eigenvalue weighted by atomic mass is 10.2. The summed E-state index contributed by atoms with van der Waals surface area (Å²) in [7, 11) is 0. The van der Waals surface area contributed by atoms with Gasteiger partial charge in [-0.2, -0.15) is 0 Å². The number of rotatable bonds is 4. The molecule has 2 aliphatic heterocycles. The topological polar surface area (TPSA) is 72.3 Å². The Hall–Kier alpha value is -3.06. The molecule has 4 rings (SSSR count). The molecular weight excluding hydrogens is 370 g/mol. The number of amides is 2. The zero-order chi connectivity index (χ0) is 20.2. The fraction of sp³-hybridized carbons (Fsp3) is 0.364. The van der Waals surface area contributed by atoms with Crippen molar-refractivity contribution in [3.05, 3.63) is 54.6 Å². The van der Waals surface area contributed by atoms with Crippen LogP contribution < -0.4 is 19.7 Å². The number of piperazine rings is 1. The van der Waals surface area contributed by atoms with Crippen LogP contribution in [-0.2, 0) is 9.59 Å². The van der Waals surface area contributed by atoms with Crippen molar-refractivity contribution in [2.24, 2.45) is 0 Å². The Balaban J connectivity index is 1.29. The highest BCUT2D eigenvalue weighted by Crippen LogP contribution is 2.31. The van der Waals surface area contributed by atoms with Crippen molar-refractivity contribution in [2.45, 2.75) is 19.1 Å². The molecule has 7 nitrogen and oxygen atoms in total. The molecule has 0 unspecified atom stereocenters. The van der Waals surface area contributed by atoms with Crippen LogP contribution in [0, 0.1) is 0 Å². The third kappa shape index (κ3) is 4.35. The average molecular weight is 396 g/mol. The normalized spacial score (nSPS) is 20.0. The fourth-order valence-corrected chi connectivity index (χ4v) is 3.75. The molecule has 2 N–H and O–H groups in total. The summed E-state index contributed by atoms with van der Waals surface area (Å²) >= 11 is 0. The minimum absolute atomic E-state index is 0.00778. The first-order valence-electron chi connectivity index (χ1n) is 9.99. The van der Waals surface area contributed by atoms with E-state index < -0.39 is 6.10 Å². The van der Waals surface area contributed by atoms with Crippen LogP contribution in [-0.4, -0.2) is 61.6 Å².